The average molecular weight is 303 g/mol. The van der Waals surface area contributed by atoms with Crippen LogP contribution in [0.3, 0.4) is 0 Å². The second-order valence-corrected chi connectivity index (χ2v) is 5.68. The zero-order valence-electron chi connectivity index (χ0n) is 14.0. The van der Waals surface area contributed by atoms with Crippen LogP contribution in [0.5, 0.6) is 11.5 Å². The lowest BCUT2D eigenvalue weighted by Gasteiger charge is -2.14. The summed E-state index contributed by atoms with van der Waals surface area (Å²) in [4.78, 5) is 0. The Hall–Kier alpha value is -1.48. The molecule has 1 aliphatic carbocycles. The Kier molecular flexibility index (Phi) is 7.31. The van der Waals surface area contributed by atoms with Gasteiger partial charge in [0, 0.05) is 6.54 Å². The van der Waals surface area contributed by atoms with Gasteiger partial charge in [-0.2, -0.15) is 0 Å². The number of nitrogens with one attached hydrogen (secondary N) is 1. The largest absolute Gasteiger partial charge is 0.490 e. The van der Waals surface area contributed by atoms with Crippen LogP contribution in [0.25, 0.3) is 0 Å². The van der Waals surface area contributed by atoms with E-state index >= 15 is 0 Å². The normalized spacial score (nSPS) is 14.5. The van der Waals surface area contributed by atoms with Crippen LogP contribution in [0.4, 0.5) is 0 Å². The molecule has 22 heavy (non-hydrogen) atoms. The van der Waals surface area contributed by atoms with Crippen molar-refractivity contribution in [1.29, 1.82) is 0 Å². The fourth-order valence-corrected chi connectivity index (χ4v) is 2.82. The van der Waals surface area contributed by atoms with Gasteiger partial charge >= 0.3 is 0 Å². The van der Waals surface area contributed by atoms with Crippen LogP contribution < -0.4 is 14.8 Å². The molecule has 3 heteroatoms. The lowest BCUT2D eigenvalue weighted by molar-refractivity contribution is 0.287. The summed E-state index contributed by atoms with van der Waals surface area (Å²) in [6, 6.07) is 6.21. The molecule has 1 N–H and O–H groups in total. The number of rotatable bonds is 9. The first kappa shape index (κ1) is 16.9. The van der Waals surface area contributed by atoms with Crippen molar-refractivity contribution in [2.75, 3.05) is 19.8 Å². The quantitative estimate of drug-likeness (QED) is 0.539. The van der Waals surface area contributed by atoms with Gasteiger partial charge in [0.15, 0.2) is 11.5 Å². The van der Waals surface area contributed by atoms with E-state index in [2.05, 4.69) is 23.5 Å². The van der Waals surface area contributed by atoms with E-state index in [1.165, 1.54) is 37.7 Å². The molecule has 0 atom stereocenters. The Balaban J connectivity index is 1.81. The number of hydrogen-bond donors (Lipinski definition) is 1. The fourth-order valence-electron chi connectivity index (χ4n) is 2.82. The zero-order chi connectivity index (χ0) is 15.6. The Morgan fingerprint density at radius 2 is 1.86 bits per heavy atom. The van der Waals surface area contributed by atoms with Crippen LogP contribution in [-0.2, 0) is 6.54 Å². The van der Waals surface area contributed by atoms with Crippen LogP contribution in [0.1, 0.15) is 51.5 Å². The molecule has 0 aliphatic heterocycles. The van der Waals surface area contributed by atoms with E-state index in [0.29, 0.717) is 13.2 Å². The lowest BCUT2D eigenvalue weighted by Crippen LogP contribution is -2.15. The Labute approximate surface area is 134 Å². The Morgan fingerprint density at radius 1 is 1.05 bits per heavy atom. The third kappa shape index (κ3) is 5.38. The topological polar surface area (TPSA) is 30.5 Å². The molecule has 0 saturated heterocycles. The van der Waals surface area contributed by atoms with E-state index < -0.39 is 0 Å². The minimum absolute atomic E-state index is 0.658. The van der Waals surface area contributed by atoms with Crippen molar-refractivity contribution in [2.45, 2.75) is 52.5 Å². The van der Waals surface area contributed by atoms with Gasteiger partial charge in [-0.15, -0.1) is 0 Å². The van der Waals surface area contributed by atoms with Crippen molar-refractivity contribution in [3.8, 4) is 11.5 Å². The summed E-state index contributed by atoms with van der Waals surface area (Å²) in [5.41, 5.74) is 2.87. The molecule has 0 spiro atoms. The van der Waals surface area contributed by atoms with Gasteiger partial charge in [0.2, 0.25) is 0 Å². The molecule has 0 fully saturated rings. The first-order valence-corrected chi connectivity index (χ1v) is 8.60. The Morgan fingerprint density at radius 3 is 2.59 bits per heavy atom. The maximum atomic E-state index is 5.67. The first-order chi connectivity index (χ1) is 10.8. The molecule has 122 valence electrons. The summed E-state index contributed by atoms with van der Waals surface area (Å²) in [6.45, 7) is 7.23. The lowest BCUT2D eigenvalue weighted by atomic mass is 9.97. The molecule has 1 aromatic carbocycles. The minimum Gasteiger partial charge on any atom is -0.490 e. The van der Waals surface area contributed by atoms with Gasteiger partial charge in [-0.05, 0) is 70.2 Å². The van der Waals surface area contributed by atoms with Crippen LogP contribution in [0.2, 0.25) is 0 Å². The fraction of sp³-hybridized carbons (Fsp3) is 0.579. The highest BCUT2D eigenvalue weighted by Crippen LogP contribution is 2.28. The van der Waals surface area contributed by atoms with Crippen LogP contribution in [-0.4, -0.2) is 19.8 Å². The summed E-state index contributed by atoms with van der Waals surface area (Å²) in [7, 11) is 0. The van der Waals surface area contributed by atoms with Crippen molar-refractivity contribution in [3.05, 3.63) is 35.4 Å². The predicted octanol–water partition coefficient (Wildman–Crippen LogP) is 4.46. The monoisotopic (exact) mass is 303 g/mol. The van der Waals surface area contributed by atoms with E-state index in [4.69, 9.17) is 9.47 Å². The molecule has 0 bridgehead atoms. The third-order valence-electron chi connectivity index (χ3n) is 3.94. The molecule has 0 amide bonds. The average Bonchev–Trinajstić information content (AvgIpc) is 2.55. The van der Waals surface area contributed by atoms with Crippen LogP contribution >= 0.6 is 0 Å². The summed E-state index contributed by atoms with van der Waals surface area (Å²) in [5.74, 6) is 1.68. The smallest absolute Gasteiger partial charge is 0.161 e. The van der Waals surface area contributed by atoms with Gasteiger partial charge in [-0.1, -0.05) is 17.7 Å². The van der Waals surface area contributed by atoms with Gasteiger partial charge in [0.05, 0.1) is 13.2 Å². The Bertz CT molecular complexity index is 482. The molecule has 0 radical (unpaired) electrons. The van der Waals surface area contributed by atoms with Gasteiger partial charge in [-0.3, -0.25) is 0 Å². The third-order valence-corrected chi connectivity index (χ3v) is 3.94. The molecule has 1 aliphatic rings. The molecule has 2 rings (SSSR count). The number of hydrogen-bond acceptors (Lipinski definition) is 3. The maximum absolute atomic E-state index is 5.67. The van der Waals surface area contributed by atoms with Crippen molar-refractivity contribution in [3.63, 3.8) is 0 Å². The molecule has 1 aromatic rings. The second-order valence-electron chi connectivity index (χ2n) is 5.68. The van der Waals surface area contributed by atoms with E-state index in [9.17, 15) is 0 Å². The molecule has 0 saturated carbocycles. The number of benzene rings is 1. The molecule has 3 nitrogen and oxygen atoms in total. The van der Waals surface area contributed by atoms with E-state index in [-0.39, 0.29) is 0 Å². The summed E-state index contributed by atoms with van der Waals surface area (Å²) in [5, 5.41) is 3.53. The molecular weight excluding hydrogens is 274 g/mol. The molecule has 0 heterocycles. The van der Waals surface area contributed by atoms with E-state index in [1.54, 1.807) is 5.57 Å². The number of ether oxygens (including phenoxy) is 2. The van der Waals surface area contributed by atoms with Crippen molar-refractivity contribution in [1.82, 2.24) is 5.32 Å². The molecular formula is C19H29NO2. The van der Waals surface area contributed by atoms with Gasteiger partial charge in [0.1, 0.15) is 0 Å². The van der Waals surface area contributed by atoms with Gasteiger partial charge in [0.25, 0.3) is 0 Å². The zero-order valence-corrected chi connectivity index (χ0v) is 14.0. The predicted molar refractivity (Wildman–Crippen MR) is 91.7 cm³/mol. The maximum Gasteiger partial charge on any atom is 0.161 e. The highest BCUT2D eigenvalue weighted by molar-refractivity contribution is 5.43. The standard InChI is InChI=1S/C19H29NO2/c1-3-21-18-11-10-17(14-19(18)22-4-2)15-20-13-12-16-8-6-5-7-9-16/h8,10-11,14,20H,3-7,9,12-13,15H2,1-2H3. The van der Waals surface area contributed by atoms with Crippen molar-refractivity contribution < 1.29 is 9.47 Å². The highest BCUT2D eigenvalue weighted by atomic mass is 16.5. The first-order valence-electron chi connectivity index (χ1n) is 8.60. The second kappa shape index (κ2) is 9.52. The molecule has 0 unspecified atom stereocenters. The highest BCUT2D eigenvalue weighted by Gasteiger charge is 2.06. The van der Waals surface area contributed by atoms with E-state index in [0.717, 1.165) is 24.6 Å². The van der Waals surface area contributed by atoms with Crippen LogP contribution in [0, 0.1) is 0 Å². The van der Waals surface area contributed by atoms with Crippen LogP contribution in [0.15, 0.2) is 29.8 Å². The summed E-state index contributed by atoms with van der Waals surface area (Å²) in [6.07, 6.45) is 8.89. The van der Waals surface area contributed by atoms with Gasteiger partial charge in [-0.25, -0.2) is 0 Å². The van der Waals surface area contributed by atoms with Gasteiger partial charge < -0.3 is 14.8 Å². The van der Waals surface area contributed by atoms with Crippen molar-refractivity contribution >= 4 is 0 Å². The van der Waals surface area contributed by atoms with Crippen molar-refractivity contribution in [2.24, 2.45) is 0 Å². The SMILES string of the molecule is CCOc1ccc(CNCCC2=CCCCC2)cc1OCC. The minimum atomic E-state index is 0.658. The van der Waals surface area contributed by atoms with E-state index in [1.807, 2.05) is 19.9 Å². The number of allylic oxidation sites excluding steroid dienone is 1. The summed E-state index contributed by atoms with van der Waals surface area (Å²) < 4.78 is 11.3. The molecule has 0 aromatic heterocycles. The summed E-state index contributed by atoms with van der Waals surface area (Å²) >= 11 is 0.